The molecule has 0 saturated carbocycles. The molecule has 1 saturated heterocycles. The third-order valence-electron chi connectivity index (χ3n) is 2.81. The summed E-state index contributed by atoms with van der Waals surface area (Å²) in [7, 11) is 0. The van der Waals surface area contributed by atoms with E-state index >= 15 is 0 Å². The predicted molar refractivity (Wildman–Crippen MR) is 69.1 cm³/mol. The molecule has 17 heavy (non-hydrogen) atoms. The zero-order chi connectivity index (χ0) is 11.8. The second kappa shape index (κ2) is 4.37. The van der Waals surface area contributed by atoms with Crippen molar-refractivity contribution in [2.45, 2.75) is 0 Å². The molecule has 0 aliphatic carbocycles. The van der Waals surface area contributed by atoms with Gasteiger partial charge >= 0.3 is 0 Å². The Morgan fingerprint density at radius 1 is 1.18 bits per heavy atom. The van der Waals surface area contributed by atoms with Gasteiger partial charge in [0.05, 0.1) is 10.0 Å². The van der Waals surface area contributed by atoms with Crippen LogP contribution in [0.25, 0.3) is 11.1 Å². The summed E-state index contributed by atoms with van der Waals surface area (Å²) in [6.45, 7) is 3.68. The van der Waals surface area contributed by atoms with E-state index < -0.39 is 0 Å². The molecule has 1 fully saturated rings. The molecule has 1 aliphatic rings. The minimum absolute atomic E-state index is 0.488. The molecule has 0 atom stereocenters. The van der Waals surface area contributed by atoms with E-state index in [2.05, 4.69) is 15.2 Å². The standard InChI is InChI=1S/C11H11Cl2N3O/c12-7-5-9-10(6-8(7)13)17-11(15-9)16-3-1-14-2-4-16/h5-6,14H,1-4H2. The van der Waals surface area contributed by atoms with Crippen LogP contribution in [0.15, 0.2) is 16.5 Å². The number of halogens is 2. The van der Waals surface area contributed by atoms with Crippen LogP contribution in [0, 0.1) is 0 Å². The van der Waals surface area contributed by atoms with Gasteiger partial charge in [-0.15, -0.1) is 0 Å². The van der Waals surface area contributed by atoms with Crippen molar-refractivity contribution in [1.82, 2.24) is 10.3 Å². The van der Waals surface area contributed by atoms with Crippen molar-refractivity contribution in [2.24, 2.45) is 0 Å². The molecule has 1 N–H and O–H groups in total. The largest absolute Gasteiger partial charge is 0.423 e. The van der Waals surface area contributed by atoms with Crippen LogP contribution in [0.5, 0.6) is 0 Å². The fourth-order valence-corrected chi connectivity index (χ4v) is 2.21. The molecule has 0 amide bonds. The average Bonchev–Trinajstić information content (AvgIpc) is 2.74. The van der Waals surface area contributed by atoms with Gasteiger partial charge in [0.1, 0.15) is 5.52 Å². The fraction of sp³-hybridized carbons (Fsp3) is 0.364. The first-order valence-corrected chi connectivity index (χ1v) is 6.21. The Morgan fingerprint density at radius 2 is 1.88 bits per heavy atom. The summed E-state index contributed by atoms with van der Waals surface area (Å²) >= 11 is 11.9. The van der Waals surface area contributed by atoms with E-state index in [1.54, 1.807) is 12.1 Å². The first kappa shape index (κ1) is 11.1. The summed E-state index contributed by atoms with van der Waals surface area (Å²) < 4.78 is 5.69. The van der Waals surface area contributed by atoms with Gasteiger partial charge in [-0.2, -0.15) is 4.98 Å². The summed E-state index contributed by atoms with van der Waals surface area (Å²) in [4.78, 5) is 6.54. The number of anilines is 1. The number of hydrogen-bond acceptors (Lipinski definition) is 4. The van der Waals surface area contributed by atoms with Gasteiger partial charge in [0.15, 0.2) is 5.58 Å². The monoisotopic (exact) mass is 271 g/mol. The highest BCUT2D eigenvalue weighted by molar-refractivity contribution is 6.42. The van der Waals surface area contributed by atoms with Crippen molar-refractivity contribution >= 4 is 40.3 Å². The summed E-state index contributed by atoms with van der Waals surface area (Å²) in [6, 6.07) is 4.08. The van der Waals surface area contributed by atoms with Crippen molar-refractivity contribution in [3.8, 4) is 0 Å². The van der Waals surface area contributed by atoms with Crippen LogP contribution >= 0.6 is 23.2 Å². The Bertz CT molecular complexity index is 510. The Morgan fingerprint density at radius 3 is 2.65 bits per heavy atom. The van der Waals surface area contributed by atoms with Crippen molar-refractivity contribution in [3.05, 3.63) is 22.2 Å². The van der Waals surface area contributed by atoms with Gasteiger partial charge in [-0.1, -0.05) is 23.2 Å². The molecule has 90 valence electrons. The van der Waals surface area contributed by atoms with Gasteiger partial charge in [-0.05, 0) is 6.07 Å². The molecule has 1 aromatic carbocycles. The maximum Gasteiger partial charge on any atom is 0.298 e. The number of fused-ring (bicyclic) bond motifs is 1. The number of hydrogen-bond donors (Lipinski definition) is 1. The van der Waals surface area contributed by atoms with E-state index in [4.69, 9.17) is 27.6 Å². The van der Waals surface area contributed by atoms with Crippen molar-refractivity contribution in [1.29, 1.82) is 0 Å². The van der Waals surface area contributed by atoms with E-state index in [0.717, 1.165) is 31.7 Å². The molecule has 0 bridgehead atoms. The molecule has 0 radical (unpaired) electrons. The average molecular weight is 272 g/mol. The first-order valence-electron chi connectivity index (χ1n) is 5.45. The molecule has 2 heterocycles. The number of benzene rings is 1. The third kappa shape index (κ3) is 2.08. The van der Waals surface area contributed by atoms with Gasteiger partial charge in [-0.25, -0.2) is 0 Å². The lowest BCUT2D eigenvalue weighted by atomic mass is 10.3. The highest BCUT2D eigenvalue weighted by atomic mass is 35.5. The molecular formula is C11H11Cl2N3O. The second-order valence-corrected chi connectivity index (χ2v) is 4.78. The van der Waals surface area contributed by atoms with Crippen LogP contribution < -0.4 is 10.2 Å². The van der Waals surface area contributed by atoms with Gasteiger partial charge in [-0.3, -0.25) is 0 Å². The minimum atomic E-state index is 0.488. The normalized spacial score (nSPS) is 16.7. The SMILES string of the molecule is Clc1cc2nc(N3CCNCC3)oc2cc1Cl. The quantitative estimate of drug-likeness (QED) is 0.866. The van der Waals surface area contributed by atoms with Gasteiger partial charge in [0.25, 0.3) is 6.01 Å². The lowest BCUT2D eigenvalue weighted by Gasteiger charge is -2.25. The van der Waals surface area contributed by atoms with Crippen LogP contribution in [0.4, 0.5) is 6.01 Å². The molecule has 3 rings (SSSR count). The zero-order valence-corrected chi connectivity index (χ0v) is 10.6. The number of oxazole rings is 1. The minimum Gasteiger partial charge on any atom is -0.423 e. The van der Waals surface area contributed by atoms with Crippen molar-refractivity contribution in [2.75, 3.05) is 31.1 Å². The van der Waals surface area contributed by atoms with Crippen LogP contribution in [-0.2, 0) is 0 Å². The number of nitrogens with zero attached hydrogens (tertiary/aromatic N) is 2. The smallest absolute Gasteiger partial charge is 0.298 e. The van der Waals surface area contributed by atoms with Crippen molar-refractivity contribution < 1.29 is 4.42 Å². The highest BCUT2D eigenvalue weighted by Crippen LogP contribution is 2.30. The maximum atomic E-state index is 5.95. The molecule has 4 nitrogen and oxygen atoms in total. The van der Waals surface area contributed by atoms with E-state index in [0.29, 0.717) is 21.6 Å². The van der Waals surface area contributed by atoms with Crippen LogP contribution in [0.2, 0.25) is 10.0 Å². The predicted octanol–water partition coefficient (Wildman–Crippen LogP) is 2.54. The highest BCUT2D eigenvalue weighted by Gasteiger charge is 2.17. The maximum absolute atomic E-state index is 5.95. The van der Waals surface area contributed by atoms with Gasteiger partial charge in [0, 0.05) is 32.2 Å². The molecule has 6 heteroatoms. The van der Waals surface area contributed by atoms with E-state index in [1.165, 1.54) is 0 Å². The molecule has 2 aromatic rings. The Hall–Kier alpha value is -0.970. The number of aromatic nitrogens is 1. The lowest BCUT2D eigenvalue weighted by molar-refractivity contribution is 0.517. The molecule has 1 aliphatic heterocycles. The Kier molecular flexibility index (Phi) is 2.86. The topological polar surface area (TPSA) is 41.3 Å². The Labute approximate surface area is 108 Å². The molecular weight excluding hydrogens is 261 g/mol. The molecule has 0 spiro atoms. The fourth-order valence-electron chi connectivity index (χ4n) is 1.90. The van der Waals surface area contributed by atoms with Crippen molar-refractivity contribution in [3.63, 3.8) is 0 Å². The number of piperazine rings is 1. The van der Waals surface area contributed by atoms with E-state index in [-0.39, 0.29) is 0 Å². The van der Waals surface area contributed by atoms with Crippen LogP contribution in [0.1, 0.15) is 0 Å². The Balaban J connectivity index is 2.00. The third-order valence-corrected chi connectivity index (χ3v) is 3.53. The van der Waals surface area contributed by atoms with E-state index in [1.807, 2.05) is 0 Å². The summed E-state index contributed by atoms with van der Waals surface area (Å²) in [5.74, 6) is 0. The molecule has 1 aromatic heterocycles. The number of nitrogens with one attached hydrogen (secondary N) is 1. The molecule has 0 unspecified atom stereocenters. The lowest BCUT2D eigenvalue weighted by Crippen LogP contribution is -2.43. The second-order valence-electron chi connectivity index (χ2n) is 3.97. The van der Waals surface area contributed by atoms with Crippen LogP contribution in [0.3, 0.4) is 0 Å². The zero-order valence-electron chi connectivity index (χ0n) is 9.04. The van der Waals surface area contributed by atoms with E-state index in [9.17, 15) is 0 Å². The van der Waals surface area contributed by atoms with Gasteiger partial charge < -0.3 is 14.6 Å². The number of rotatable bonds is 1. The van der Waals surface area contributed by atoms with Gasteiger partial charge in [0.2, 0.25) is 0 Å². The first-order chi connectivity index (χ1) is 8.24. The summed E-state index contributed by atoms with van der Waals surface area (Å²) in [5.41, 5.74) is 1.42. The van der Waals surface area contributed by atoms with Crippen LogP contribution in [-0.4, -0.2) is 31.2 Å². The summed E-state index contributed by atoms with van der Waals surface area (Å²) in [5, 5.41) is 4.27. The summed E-state index contributed by atoms with van der Waals surface area (Å²) in [6.07, 6.45) is 0.